The lowest BCUT2D eigenvalue weighted by Gasteiger charge is -2.45. The van der Waals surface area contributed by atoms with Gasteiger partial charge in [-0.2, -0.15) is 0 Å². The van der Waals surface area contributed by atoms with E-state index in [2.05, 4.69) is 416 Å². The second-order valence-corrected chi connectivity index (χ2v) is 28.5. The van der Waals surface area contributed by atoms with Crippen LogP contribution in [-0.4, -0.2) is 6.71 Å². The van der Waals surface area contributed by atoms with Gasteiger partial charge in [0.15, 0.2) is 0 Å². The molecule has 498 valence electrons. The van der Waals surface area contributed by atoms with E-state index < -0.39 is 5.41 Å². The Morgan fingerprint density at radius 2 is 0.636 bits per heavy atom. The number of fused-ring (bicyclic) bond motifs is 10. The summed E-state index contributed by atoms with van der Waals surface area (Å²) >= 11 is 0. The summed E-state index contributed by atoms with van der Waals surface area (Å²) in [5.74, 6) is 0. The van der Waals surface area contributed by atoms with E-state index in [1.54, 1.807) is 0 Å². The number of para-hydroxylation sites is 3. The first kappa shape index (κ1) is 61.8. The Kier molecular flexibility index (Phi) is 14.6. The van der Waals surface area contributed by atoms with E-state index in [1.807, 2.05) is 0 Å². The largest absolute Gasteiger partial charge is 0.456 e. The van der Waals surface area contributed by atoms with Gasteiger partial charge in [0.25, 0.3) is 6.71 Å². The van der Waals surface area contributed by atoms with Gasteiger partial charge in [0.05, 0.1) is 16.8 Å². The Balaban J connectivity index is 0.904. The normalized spacial score (nSPS) is 12.9. The summed E-state index contributed by atoms with van der Waals surface area (Å²) in [5.41, 5.74) is 37.1. The van der Waals surface area contributed by atoms with Crippen LogP contribution >= 0.6 is 0 Å². The molecule has 0 atom stereocenters. The van der Waals surface area contributed by atoms with Crippen LogP contribution in [0.15, 0.2) is 411 Å². The first-order valence-electron chi connectivity index (χ1n) is 37.1. The number of benzene rings is 17. The Morgan fingerprint density at radius 3 is 1.25 bits per heavy atom. The molecule has 3 aliphatic rings. The van der Waals surface area contributed by atoms with Crippen molar-refractivity contribution in [1.29, 1.82) is 0 Å². The Morgan fingerprint density at radius 1 is 0.224 bits per heavy atom. The van der Waals surface area contributed by atoms with Crippen molar-refractivity contribution in [3.63, 3.8) is 0 Å². The molecule has 18 aromatic rings. The minimum atomic E-state index is -0.596. The predicted molar refractivity (Wildman–Crippen MR) is 449 cm³/mol. The molecule has 2 aliphatic heterocycles. The summed E-state index contributed by atoms with van der Waals surface area (Å²) in [5, 5.41) is 2.17. The maximum Gasteiger partial charge on any atom is 0.252 e. The lowest BCUT2D eigenvalue weighted by atomic mass is 9.33. The van der Waals surface area contributed by atoms with Crippen LogP contribution in [0.1, 0.15) is 22.3 Å². The van der Waals surface area contributed by atoms with E-state index in [4.69, 9.17) is 4.42 Å². The molecule has 21 rings (SSSR count). The molecule has 1 aromatic heterocycles. The second-order valence-electron chi connectivity index (χ2n) is 28.5. The van der Waals surface area contributed by atoms with Crippen molar-refractivity contribution in [3.05, 3.63) is 429 Å². The third-order valence-electron chi connectivity index (χ3n) is 22.7. The highest BCUT2D eigenvalue weighted by atomic mass is 16.3. The van der Waals surface area contributed by atoms with E-state index in [1.165, 1.54) is 66.5 Å². The Labute approximate surface area is 623 Å². The van der Waals surface area contributed by atoms with E-state index in [-0.39, 0.29) is 6.71 Å². The van der Waals surface area contributed by atoms with Crippen LogP contribution in [0.2, 0.25) is 0 Å². The fourth-order valence-corrected chi connectivity index (χ4v) is 18.1. The molecule has 0 unspecified atom stereocenters. The van der Waals surface area contributed by atoms with Gasteiger partial charge in [-0.15, -0.1) is 0 Å². The standard InChI is InChI=1S/C103H67BN2O/c1-8-30-68(31-9-1)76-60-77(69-32-10-2-11-33-69)62-78(61-76)74-54-57-94-91(64-74)104-92-65-75(83-47-29-51-90-100(83)87-46-22-25-50-89(87)103(90,80-40-18-6-19-41-80)81-42-20-7-21-43-81)55-58-95(92)106(102-84(71-36-14-4-15-37-71)48-28-49-85(102)72-38-16-5-17-39-72)97-67-79(73-56-59-99-88(63-73)86-45-24-27-53-98(86)107-99)66-96(101(97)104)105(94)93-52-26-23-44-82(93)70-34-12-3-13-35-70/h1-67H. The Bertz CT molecular complexity index is 6340. The van der Waals surface area contributed by atoms with E-state index in [0.717, 1.165) is 128 Å². The van der Waals surface area contributed by atoms with Crippen molar-refractivity contribution in [2.45, 2.75) is 5.41 Å². The highest BCUT2D eigenvalue weighted by molar-refractivity contribution is 7.00. The SMILES string of the molecule is c1ccc(-c2cc(-c3ccccc3)cc(-c3ccc4c(c3)B3c5cc(-c6cccc7c6-c6ccccc6C7(c6ccccc6)c6ccccc6)ccc5N(c5c(-c6ccccc6)cccc5-c5ccccc5)c5cc(-c6ccc7oc8ccccc8c7c6)cc(c53)N4c3ccccc3-c3ccccc3)c2)cc1. The molecule has 0 N–H and O–H groups in total. The van der Waals surface area contributed by atoms with Crippen LogP contribution in [0.25, 0.3) is 122 Å². The molecular formula is C103H67BN2O. The van der Waals surface area contributed by atoms with Gasteiger partial charge in [0.2, 0.25) is 0 Å². The average Bonchev–Trinajstić information content (AvgIpc) is 1.64. The molecule has 0 saturated carbocycles. The number of anilines is 6. The molecule has 1 aliphatic carbocycles. The third kappa shape index (κ3) is 9.98. The number of nitrogens with zero attached hydrogens (tertiary/aromatic N) is 2. The average molecular weight is 1360 g/mol. The van der Waals surface area contributed by atoms with Crippen LogP contribution in [0.4, 0.5) is 34.1 Å². The molecule has 0 radical (unpaired) electrons. The molecule has 0 saturated heterocycles. The van der Waals surface area contributed by atoms with Crippen LogP contribution in [-0.2, 0) is 5.41 Å². The smallest absolute Gasteiger partial charge is 0.252 e. The van der Waals surface area contributed by atoms with Crippen molar-refractivity contribution in [3.8, 4) is 100 Å². The van der Waals surface area contributed by atoms with E-state index in [0.29, 0.717) is 0 Å². The molecule has 3 heterocycles. The summed E-state index contributed by atoms with van der Waals surface area (Å²) in [4.78, 5) is 5.28. The van der Waals surface area contributed by atoms with Gasteiger partial charge in [-0.3, -0.25) is 0 Å². The Hall–Kier alpha value is -13.8. The maximum atomic E-state index is 6.61. The monoisotopic (exact) mass is 1360 g/mol. The van der Waals surface area contributed by atoms with E-state index >= 15 is 0 Å². The summed E-state index contributed by atoms with van der Waals surface area (Å²) in [6, 6.07) is 152. The summed E-state index contributed by atoms with van der Waals surface area (Å²) < 4.78 is 6.61. The van der Waals surface area contributed by atoms with Gasteiger partial charge in [-0.1, -0.05) is 340 Å². The highest BCUT2D eigenvalue weighted by Crippen LogP contribution is 2.59. The fraction of sp³-hybridized carbons (Fsp3) is 0.00971. The zero-order chi connectivity index (χ0) is 70.5. The summed E-state index contributed by atoms with van der Waals surface area (Å²) in [6.07, 6.45) is 0. The van der Waals surface area contributed by atoms with Crippen molar-refractivity contribution in [2.24, 2.45) is 0 Å². The van der Waals surface area contributed by atoms with Crippen LogP contribution < -0.4 is 26.2 Å². The number of rotatable bonds is 12. The van der Waals surface area contributed by atoms with Gasteiger partial charge in [0, 0.05) is 50.2 Å². The van der Waals surface area contributed by atoms with Gasteiger partial charge in [-0.25, -0.2) is 0 Å². The molecule has 17 aromatic carbocycles. The van der Waals surface area contributed by atoms with Crippen molar-refractivity contribution < 1.29 is 4.42 Å². The zero-order valence-corrected chi connectivity index (χ0v) is 58.6. The zero-order valence-electron chi connectivity index (χ0n) is 58.6. The second kappa shape index (κ2) is 25.3. The molecule has 107 heavy (non-hydrogen) atoms. The molecule has 0 bridgehead atoms. The van der Waals surface area contributed by atoms with Crippen LogP contribution in [0.3, 0.4) is 0 Å². The lowest BCUT2D eigenvalue weighted by molar-refractivity contribution is 0.669. The summed E-state index contributed by atoms with van der Waals surface area (Å²) in [6.45, 7) is -0.317. The van der Waals surface area contributed by atoms with Crippen molar-refractivity contribution in [2.75, 3.05) is 9.80 Å². The first-order valence-corrected chi connectivity index (χ1v) is 37.1. The fourth-order valence-electron chi connectivity index (χ4n) is 18.1. The molecule has 0 fully saturated rings. The summed E-state index contributed by atoms with van der Waals surface area (Å²) in [7, 11) is 0. The first-order chi connectivity index (χ1) is 53.1. The molecule has 4 heteroatoms. The predicted octanol–water partition coefficient (Wildman–Crippen LogP) is 25.4. The van der Waals surface area contributed by atoms with Crippen LogP contribution in [0, 0.1) is 0 Å². The third-order valence-corrected chi connectivity index (χ3v) is 22.7. The van der Waals surface area contributed by atoms with E-state index in [9.17, 15) is 0 Å². The van der Waals surface area contributed by atoms with Gasteiger partial charge in [0.1, 0.15) is 11.2 Å². The number of furan rings is 1. The minimum absolute atomic E-state index is 0.317. The van der Waals surface area contributed by atoms with Gasteiger partial charge in [-0.05, 0) is 189 Å². The molecule has 0 amide bonds. The molecule has 3 nitrogen and oxygen atoms in total. The molecule has 0 spiro atoms. The van der Waals surface area contributed by atoms with Crippen LogP contribution in [0.5, 0.6) is 0 Å². The lowest BCUT2D eigenvalue weighted by Crippen LogP contribution is -2.61. The number of hydrogen-bond donors (Lipinski definition) is 0. The quantitative estimate of drug-likeness (QED) is 0.114. The van der Waals surface area contributed by atoms with Crippen molar-refractivity contribution in [1.82, 2.24) is 0 Å². The van der Waals surface area contributed by atoms with Crippen molar-refractivity contribution >= 4 is 79.2 Å². The van der Waals surface area contributed by atoms with Gasteiger partial charge < -0.3 is 14.2 Å². The van der Waals surface area contributed by atoms with Gasteiger partial charge >= 0.3 is 0 Å². The topological polar surface area (TPSA) is 19.6 Å². The maximum absolute atomic E-state index is 6.61. The molecular weight excluding hydrogens is 1290 g/mol. The number of hydrogen-bond acceptors (Lipinski definition) is 3. The highest BCUT2D eigenvalue weighted by Gasteiger charge is 2.49. The minimum Gasteiger partial charge on any atom is -0.456 e.